The molecular formula is C34H41N3. The minimum atomic E-state index is 0.249. The molecule has 3 aromatic rings. The van der Waals surface area contributed by atoms with E-state index in [0.717, 1.165) is 37.2 Å². The normalized spacial score (nSPS) is 19.2. The van der Waals surface area contributed by atoms with Gasteiger partial charge >= 0.3 is 0 Å². The number of nitrogens with one attached hydrogen (secondary N) is 1. The van der Waals surface area contributed by atoms with Crippen LogP contribution in [0.3, 0.4) is 0 Å². The molecule has 0 fully saturated rings. The van der Waals surface area contributed by atoms with Crippen LogP contribution >= 0.6 is 0 Å². The molecule has 0 saturated heterocycles. The highest BCUT2D eigenvalue weighted by Crippen LogP contribution is 2.35. The molecule has 2 aliphatic heterocycles. The standard InChI is InChI=1S/C34H41N3/c1-5-7-27(6-2)32-18-29(20-35-32)30-19-33-34(37-21-30)31(22-36-33)17-26-13-15-28(24(4)16-26)14-12-25-10-8-23(3)9-11-25/h8-11,13,15-16,18-19,21-22,27,31-32,35H,5-7,12,14,17,20H2,1-4H3. The van der Waals surface area contributed by atoms with Crippen LogP contribution in [0, 0.1) is 19.8 Å². The van der Waals surface area contributed by atoms with Gasteiger partial charge in [-0.3, -0.25) is 9.98 Å². The second kappa shape index (κ2) is 11.6. The summed E-state index contributed by atoms with van der Waals surface area (Å²) >= 11 is 0. The number of aromatic nitrogens is 1. The molecule has 0 radical (unpaired) electrons. The van der Waals surface area contributed by atoms with Crippen LogP contribution in [-0.2, 0) is 19.3 Å². The van der Waals surface area contributed by atoms with Crippen molar-refractivity contribution in [3.63, 3.8) is 0 Å². The number of rotatable bonds is 10. The second-order valence-corrected chi connectivity index (χ2v) is 11.0. The number of hydrogen-bond acceptors (Lipinski definition) is 3. The Morgan fingerprint density at radius 1 is 0.973 bits per heavy atom. The summed E-state index contributed by atoms with van der Waals surface area (Å²) in [6.45, 7) is 9.90. The van der Waals surface area contributed by atoms with Crippen molar-refractivity contribution >= 4 is 17.5 Å². The van der Waals surface area contributed by atoms with Gasteiger partial charge in [-0.2, -0.15) is 0 Å². The molecule has 0 bridgehead atoms. The van der Waals surface area contributed by atoms with Gasteiger partial charge in [-0.05, 0) is 84.9 Å². The maximum Gasteiger partial charge on any atom is 0.0854 e. The van der Waals surface area contributed by atoms with Crippen LogP contribution < -0.4 is 5.32 Å². The first-order valence-corrected chi connectivity index (χ1v) is 14.2. The van der Waals surface area contributed by atoms with E-state index < -0.39 is 0 Å². The maximum atomic E-state index is 4.92. The minimum absolute atomic E-state index is 0.249. The van der Waals surface area contributed by atoms with E-state index >= 15 is 0 Å². The van der Waals surface area contributed by atoms with Crippen LogP contribution in [0.15, 0.2) is 65.8 Å². The Labute approximate surface area is 223 Å². The predicted octanol–water partition coefficient (Wildman–Crippen LogP) is 7.71. The van der Waals surface area contributed by atoms with Crippen molar-refractivity contribution in [3.05, 3.63) is 99.9 Å². The fourth-order valence-electron chi connectivity index (χ4n) is 5.94. The molecule has 0 spiro atoms. The molecule has 3 atom stereocenters. The van der Waals surface area contributed by atoms with Gasteiger partial charge in [0.15, 0.2) is 0 Å². The molecule has 1 aromatic heterocycles. The van der Waals surface area contributed by atoms with Crippen molar-refractivity contribution < 1.29 is 0 Å². The van der Waals surface area contributed by atoms with Crippen molar-refractivity contribution in [1.82, 2.24) is 10.3 Å². The number of pyridine rings is 1. The van der Waals surface area contributed by atoms with Gasteiger partial charge in [0.2, 0.25) is 0 Å². The van der Waals surface area contributed by atoms with Crippen LogP contribution in [0.25, 0.3) is 5.57 Å². The minimum Gasteiger partial charge on any atom is -0.306 e. The number of hydrogen-bond donors (Lipinski definition) is 1. The number of nitrogens with zero attached hydrogens (tertiary/aromatic N) is 2. The lowest BCUT2D eigenvalue weighted by Gasteiger charge is -2.20. The summed E-state index contributed by atoms with van der Waals surface area (Å²) in [4.78, 5) is 9.71. The highest BCUT2D eigenvalue weighted by atomic mass is 14.9. The zero-order valence-corrected chi connectivity index (χ0v) is 22.9. The third-order valence-electron chi connectivity index (χ3n) is 8.28. The van der Waals surface area contributed by atoms with Crippen LogP contribution in [0.1, 0.15) is 78.1 Å². The highest BCUT2D eigenvalue weighted by molar-refractivity contribution is 5.82. The van der Waals surface area contributed by atoms with E-state index in [1.165, 1.54) is 58.2 Å². The van der Waals surface area contributed by atoms with Gasteiger partial charge in [0.1, 0.15) is 0 Å². The Morgan fingerprint density at radius 2 is 1.78 bits per heavy atom. The number of aliphatic imine (C=N–C) groups is 1. The van der Waals surface area contributed by atoms with E-state index in [4.69, 9.17) is 9.98 Å². The second-order valence-electron chi connectivity index (χ2n) is 11.0. The smallest absolute Gasteiger partial charge is 0.0854 e. The number of aryl methyl sites for hydroxylation is 4. The number of benzene rings is 2. The van der Waals surface area contributed by atoms with Crippen molar-refractivity contribution in [2.45, 2.75) is 78.2 Å². The molecule has 2 aromatic carbocycles. The molecule has 37 heavy (non-hydrogen) atoms. The van der Waals surface area contributed by atoms with Crippen molar-refractivity contribution in [3.8, 4) is 0 Å². The van der Waals surface area contributed by atoms with Gasteiger partial charge in [0.05, 0.1) is 11.4 Å². The maximum absolute atomic E-state index is 4.92. The lowest BCUT2D eigenvalue weighted by atomic mass is 9.92. The third-order valence-corrected chi connectivity index (χ3v) is 8.28. The van der Waals surface area contributed by atoms with Crippen molar-refractivity contribution in [2.75, 3.05) is 6.54 Å². The lowest BCUT2D eigenvalue weighted by molar-refractivity contribution is 0.387. The quantitative estimate of drug-likeness (QED) is 0.315. The Bertz CT molecular complexity index is 1280. The SMILES string of the molecule is CCCC(CC)C1C=C(c2cnc3c(c2)N=CC3Cc2ccc(CCc3ccc(C)cc3)c(C)c2)CN1. The monoisotopic (exact) mass is 491 g/mol. The molecule has 2 aliphatic rings. The first-order chi connectivity index (χ1) is 18.0. The summed E-state index contributed by atoms with van der Waals surface area (Å²) in [5.74, 6) is 0.962. The summed E-state index contributed by atoms with van der Waals surface area (Å²) in [7, 11) is 0. The van der Waals surface area contributed by atoms with E-state index in [1.807, 2.05) is 0 Å². The van der Waals surface area contributed by atoms with Gasteiger partial charge in [-0.25, -0.2) is 0 Å². The summed E-state index contributed by atoms with van der Waals surface area (Å²) in [6.07, 6.45) is 13.5. The molecule has 3 unspecified atom stereocenters. The Hall–Kier alpha value is -3.04. The molecule has 0 aliphatic carbocycles. The van der Waals surface area contributed by atoms with Crippen LogP contribution in [0.4, 0.5) is 5.69 Å². The van der Waals surface area contributed by atoms with E-state index in [-0.39, 0.29) is 5.92 Å². The molecule has 0 amide bonds. The summed E-state index contributed by atoms with van der Waals surface area (Å²) in [5, 5.41) is 3.72. The van der Waals surface area contributed by atoms with Gasteiger partial charge in [-0.15, -0.1) is 0 Å². The van der Waals surface area contributed by atoms with Crippen LogP contribution in [-0.4, -0.2) is 23.8 Å². The summed E-state index contributed by atoms with van der Waals surface area (Å²) in [5.41, 5.74) is 11.6. The average molecular weight is 492 g/mol. The zero-order chi connectivity index (χ0) is 25.8. The van der Waals surface area contributed by atoms with Gasteiger partial charge in [-0.1, -0.05) is 80.8 Å². The fourth-order valence-corrected chi connectivity index (χ4v) is 5.94. The van der Waals surface area contributed by atoms with Crippen LogP contribution in [0.5, 0.6) is 0 Å². The summed E-state index contributed by atoms with van der Waals surface area (Å²) in [6, 6.07) is 18.6. The molecule has 3 heterocycles. The highest BCUT2D eigenvalue weighted by Gasteiger charge is 2.25. The Morgan fingerprint density at radius 3 is 2.54 bits per heavy atom. The summed E-state index contributed by atoms with van der Waals surface area (Å²) < 4.78 is 0. The first-order valence-electron chi connectivity index (χ1n) is 14.2. The predicted molar refractivity (Wildman–Crippen MR) is 157 cm³/mol. The third kappa shape index (κ3) is 5.93. The molecule has 3 heteroatoms. The van der Waals surface area contributed by atoms with Crippen molar-refractivity contribution in [1.29, 1.82) is 0 Å². The Balaban J connectivity index is 1.23. The average Bonchev–Trinajstić information content (AvgIpc) is 3.55. The largest absolute Gasteiger partial charge is 0.306 e. The van der Waals surface area contributed by atoms with E-state index in [9.17, 15) is 0 Å². The fraction of sp³-hybridized carbons (Fsp3) is 0.412. The van der Waals surface area contributed by atoms with Gasteiger partial charge in [0.25, 0.3) is 0 Å². The van der Waals surface area contributed by atoms with E-state index in [1.54, 1.807) is 0 Å². The topological polar surface area (TPSA) is 37.3 Å². The molecule has 3 nitrogen and oxygen atoms in total. The van der Waals surface area contributed by atoms with Crippen LogP contribution in [0.2, 0.25) is 0 Å². The van der Waals surface area contributed by atoms with Crippen molar-refractivity contribution in [2.24, 2.45) is 10.9 Å². The van der Waals surface area contributed by atoms with Gasteiger partial charge in [0, 0.05) is 30.9 Å². The van der Waals surface area contributed by atoms with E-state index in [0.29, 0.717) is 12.0 Å². The Kier molecular flexibility index (Phi) is 8.00. The van der Waals surface area contributed by atoms with E-state index in [2.05, 4.69) is 100 Å². The molecule has 1 N–H and O–H groups in total. The zero-order valence-electron chi connectivity index (χ0n) is 22.9. The first kappa shape index (κ1) is 25.6. The molecule has 192 valence electrons. The lowest BCUT2D eigenvalue weighted by Crippen LogP contribution is -2.30. The molecular weight excluding hydrogens is 450 g/mol. The number of fused-ring (bicyclic) bond motifs is 1. The molecule has 0 saturated carbocycles. The van der Waals surface area contributed by atoms with Gasteiger partial charge < -0.3 is 5.32 Å². The molecule has 5 rings (SSSR count).